The number of hydrogen-bond donors (Lipinski definition) is 4. The molecule has 0 heterocycles. The van der Waals surface area contributed by atoms with Gasteiger partial charge in [-0.2, -0.15) is 0 Å². The predicted octanol–water partition coefficient (Wildman–Crippen LogP) is 1.67. The van der Waals surface area contributed by atoms with Crippen LogP contribution in [-0.4, -0.2) is 25.1 Å². The van der Waals surface area contributed by atoms with Crippen molar-refractivity contribution in [3.05, 3.63) is 18.2 Å². The first-order chi connectivity index (χ1) is 9.47. The molecule has 3 amide bonds. The first-order valence-electron chi connectivity index (χ1n) is 6.28. The molecule has 118 valence electrons. The van der Waals surface area contributed by atoms with Crippen LogP contribution in [0, 0.1) is 0 Å². The molecule has 1 unspecified atom stereocenters. The average Bonchev–Trinajstić information content (AvgIpc) is 2.40. The molecule has 0 aliphatic heterocycles. The minimum absolute atomic E-state index is 0. The quantitative estimate of drug-likeness (QED) is 0.638. The van der Waals surface area contributed by atoms with Crippen molar-refractivity contribution in [3.63, 3.8) is 0 Å². The van der Waals surface area contributed by atoms with Gasteiger partial charge >= 0.3 is 6.03 Å². The predicted molar refractivity (Wildman–Crippen MR) is 85.0 cm³/mol. The van der Waals surface area contributed by atoms with Crippen LogP contribution >= 0.6 is 12.4 Å². The Morgan fingerprint density at radius 2 is 2.00 bits per heavy atom. The number of amides is 3. The second-order valence-electron chi connectivity index (χ2n) is 4.29. The molecule has 0 aromatic heterocycles. The third-order valence-electron chi connectivity index (χ3n) is 2.66. The highest BCUT2D eigenvalue weighted by atomic mass is 35.5. The van der Waals surface area contributed by atoms with Crippen molar-refractivity contribution < 1.29 is 14.3 Å². The number of rotatable bonds is 6. The zero-order valence-electron chi connectivity index (χ0n) is 12.0. The molecule has 21 heavy (non-hydrogen) atoms. The fourth-order valence-corrected chi connectivity index (χ4v) is 1.68. The van der Waals surface area contributed by atoms with E-state index < -0.39 is 12.1 Å². The highest BCUT2D eigenvalue weighted by Gasteiger charge is 2.13. The molecule has 7 nitrogen and oxygen atoms in total. The van der Waals surface area contributed by atoms with Gasteiger partial charge < -0.3 is 26.8 Å². The summed E-state index contributed by atoms with van der Waals surface area (Å²) in [7, 11) is 1.45. The molecule has 8 heteroatoms. The fourth-order valence-electron chi connectivity index (χ4n) is 1.68. The Labute approximate surface area is 129 Å². The first-order valence-corrected chi connectivity index (χ1v) is 6.28. The minimum atomic E-state index is -0.690. The van der Waals surface area contributed by atoms with E-state index in [1.54, 1.807) is 18.2 Å². The van der Waals surface area contributed by atoms with Gasteiger partial charge in [-0.05, 0) is 18.6 Å². The largest absolute Gasteiger partial charge is 0.494 e. The summed E-state index contributed by atoms with van der Waals surface area (Å²) < 4.78 is 5.12. The number of anilines is 2. The summed E-state index contributed by atoms with van der Waals surface area (Å²) >= 11 is 0. The van der Waals surface area contributed by atoms with E-state index in [1.165, 1.54) is 7.11 Å². The summed E-state index contributed by atoms with van der Waals surface area (Å²) in [5.41, 5.74) is 11.7. The molecule has 0 bridgehead atoms. The molecule has 1 aromatic rings. The van der Waals surface area contributed by atoms with Crippen molar-refractivity contribution in [3.8, 4) is 5.75 Å². The summed E-state index contributed by atoms with van der Waals surface area (Å²) in [6.45, 7) is 1.96. The Morgan fingerprint density at radius 1 is 1.33 bits per heavy atom. The van der Waals surface area contributed by atoms with Gasteiger partial charge in [0.25, 0.3) is 0 Å². The molecule has 1 atom stereocenters. The van der Waals surface area contributed by atoms with Gasteiger partial charge in [0.1, 0.15) is 5.75 Å². The van der Waals surface area contributed by atoms with Crippen LogP contribution in [0.25, 0.3) is 0 Å². The lowest BCUT2D eigenvalue weighted by atomic mass is 10.1. The number of urea groups is 1. The summed E-state index contributed by atoms with van der Waals surface area (Å²) in [6.07, 6.45) is 1.45. The molecule has 0 radical (unpaired) electrons. The molecular weight excluding hydrogens is 296 g/mol. The van der Waals surface area contributed by atoms with Crippen LogP contribution in [0.5, 0.6) is 5.75 Å². The summed E-state index contributed by atoms with van der Waals surface area (Å²) in [5, 5.41) is 5.12. The SMILES string of the molecule is CCCC(N)C(=O)Nc1ccc(NC(N)=O)c(OC)c1.Cl. The topological polar surface area (TPSA) is 119 Å². The Morgan fingerprint density at radius 3 is 2.52 bits per heavy atom. The molecule has 0 saturated heterocycles. The van der Waals surface area contributed by atoms with Crippen LogP contribution in [0.3, 0.4) is 0 Å². The fraction of sp³-hybridized carbons (Fsp3) is 0.385. The Bertz CT molecular complexity index is 496. The van der Waals surface area contributed by atoms with Crippen LogP contribution in [-0.2, 0) is 4.79 Å². The maximum Gasteiger partial charge on any atom is 0.316 e. The normalized spacial score (nSPS) is 11.0. The van der Waals surface area contributed by atoms with Crippen LogP contribution in [0.2, 0.25) is 0 Å². The maximum absolute atomic E-state index is 11.8. The van der Waals surface area contributed by atoms with Gasteiger partial charge in [-0.1, -0.05) is 13.3 Å². The number of nitrogens with two attached hydrogens (primary N) is 2. The van der Waals surface area contributed by atoms with Crippen LogP contribution < -0.4 is 26.8 Å². The molecule has 1 rings (SSSR count). The molecule has 6 N–H and O–H groups in total. The minimum Gasteiger partial charge on any atom is -0.494 e. The summed E-state index contributed by atoms with van der Waals surface area (Å²) in [6, 6.07) is 3.57. The van der Waals surface area contributed by atoms with Crippen molar-refractivity contribution in [2.75, 3.05) is 17.7 Å². The van der Waals surface area contributed by atoms with Gasteiger partial charge in [-0.15, -0.1) is 12.4 Å². The third-order valence-corrected chi connectivity index (χ3v) is 2.66. The molecule has 1 aromatic carbocycles. The van der Waals surface area contributed by atoms with Crippen LogP contribution in [0.4, 0.5) is 16.2 Å². The molecule has 0 saturated carbocycles. The number of methoxy groups -OCH3 is 1. The van der Waals surface area contributed by atoms with Gasteiger partial charge in [-0.3, -0.25) is 4.79 Å². The average molecular weight is 317 g/mol. The summed E-state index contributed by atoms with van der Waals surface area (Å²) in [5.74, 6) is 0.134. The smallest absolute Gasteiger partial charge is 0.316 e. The number of primary amides is 1. The second kappa shape index (κ2) is 9.04. The third kappa shape index (κ3) is 5.88. The number of benzene rings is 1. The standard InChI is InChI=1S/C13H20N4O3.ClH/c1-3-4-9(14)12(18)16-8-5-6-10(17-13(15)19)11(7-8)20-2;/h5-7,9H,3-4,14H2,1-2H3,(H,16,18)(H3,15,17,19);1H. The van der Waals surface area contributed by atoms with E-state index in [0.29, 0.717) is 23.5 Å². The van der Waals surface area contributed by atoms with Crippen molar-refractivity contribution in [2.24, 2.45) is 11.5 Å². The lowest BCUT2D eigenvalue weighted by molar-refractivity contribution is -0.117. The van der Waals surface area contributed by atoms with E-state index in [9.17, 15) is 9.59 Å². The molecule has 0 aliphatic carbocycles. The molecule has 0 aliphatic rings. The van der Waals surface area contributed by atoms with Gasteiger partial charge in [0, 0.05) is 11.8 Å². The van der Waals surface area contributed by atoms with Crippen molar-refractivity contribution >= 4 is 35.7 Å². The second-order valence-corrected chi connectivity index (χ2v) is 4.29. The number of halogens is 1. The van der Waals surface area contributed by atoms with Crippen LogP contribution in [0.1, 0.15) is 19.8 Å². The summed E-state index contributed by atoms with van der Waals surface area (Å²) in [4.78, 5) is 22.6. The number of hydrogen-bond acceptors (Lipinski definition) is 4. The zero-order chi connectivity index (χ0) is 15.1. The van der Waals surface area contributed by atoms with Gasteiger partial charge in [-0.25, -0.2) is 4.79 Å². The lowest BCUT2D eigenvalue weighted by Crippen LogP contribution is -2.35. The molecular formula is C13H21ClN4O3. The van der Waals surface area contributed by atoms with Crippen molar-refractivity contribution in [1.29, 1.82) is 0 Å². The van der Waals surface area contributed by atoms with Gasteiger partial charge in [0.2, 0.25) is 5.91 Å². The van der Waals surface area contributed by atoms with E-state index in [2.05, 4.69) is 10.6 Å². The van der Waals surface area contributed by atoms with Crippen LogP contribution in [0.15, 0.2) is 18.2 Å². The monoisotopic (exact) mass is 316 g/mol. The molecule has 0 spiro atoms. The Kier molecular flexibility index (Phi) is 8.18. The van der Waals surface area contributed by atoms with Gasteiger partial charge in [0.05, 0.1) is 18.8 Å². The highest BCUT2D eigenvalue weighted by Crippen LogP contribution is 2.27. The highest BCUT2D eigenvalue weighted by molar-refractivity contribution is 5.96. The van der Waals surface area contributed by atoms with Gasteiger partial charge in [0.15, 0.2) is 0 Å². The number of nitrogens with one attached hydrogen (secondary N) is 2. The Balaban J connectivity index is 0.00000400. The van der Waals surface area contributed by atoms with E-state index in [0.717, 1.165) is 6.42 Å². The Hall–Kier alpha value is -1.99. The number of carbonyl (C=O) groups excluding carboxylic acids is 2. The lowest BCUT2D eigenvalue weighted by Gasteiger charge is -2.14. The van der Waals surface area contributed by atoms with E-state index in [4.69, 9.17) is 16.2 Å². The van der Waals surface area contributed by atoms with E-state index in [1.807, 2.05) is 6.92 Å². The van der Waals surface area contributed by atoms with E-state index in [-0.39, 0.29) is 18.3 Å². The maximum atomic E-state index is 11.8. The zero-order valence-corrected chi connectivity index (χ0v) is 12.8. The van der Waals surface area contributed by atoms with Crippen molar-refractivity contribution in [1.82, 2.24) is 0 Å². The number of carbonyl (C=O) groups is 2. The van der Waals surface area contributed by atoms with E-state index >= 15 is 0 Å². The molecule has 0 fully saturated rings. The first kappa shape index (κ1) is 19.0. The van der Waals surface area contributed by atoms with Crippen molar-refractivity contribution in [2.45, 2.75) is 25.8 Å². The number of ether oxygens (including phenoxy) is 1.